The summed E-state index contributed by atoms with van der Waals surface area (Å²) < 4.78 is 5.65. The van der Waals surface area contributed by atoms with Gasteiger partial charge in [-0.25, -0.2) is 0 Å². The number of fused-ring (bicyclic) bond motifs is 2. The van der Waals surface area contributed by atoms with Crippen LogP contribution in [-0.2, 0) is 0 Å². The number of halogens is 6. The first-order chi connectivity index (χ1) is 15.1. The summed E-state index contributed by atoms with van der Waals surface area (Å²) >= 11 is 13.3. The van der Waals surface area contributed by atoms with Crippen LogP contribution in [0.2, 0.25) is 0 Å². The van der Waals surface area contributed by atoms with Crippen molar-refractivity contribution in [2.45, 2.75) is 0 Å². The van der Waals surface area contributed by atoms with Crippen LogP contribution in [0.25, 0.3) is 32.7 Å². The number of rotatable bonds is 3. The van der Waals surface area contributed by atoms with Crippen molar-refractivity contribution in [3.63, 3.8) is 0 Å². The van der Waals surface area contributed by atoms with Crippen molar-refractivity contribution in [1.29, 1.82) is 0 Å². The molecule has 0 aliphatic rings. The molecule has 0 spiro atoms. The topological polar surface area (TPSA) is 74.6 Å². The molecular weight excluding hydrogens is 1090 g/mol. The third-order valence-electron chi connectivity index (χ3n) is 5.04. The van der Waals surface area contributed by atoms with Crippen LogP contribution in [0.15, 0.2) is 24.3 Å². The first-order valence-electron chi connectivity index (χ1n) is 8.69. The molecule has 0 radical (unpaired) electrons. The predicted molar refractivity (Wildman–Crippen MR) is 177 cm³/mol. The summed E-state index contributed by atoms with van der Waals surface area (Å²) in [7, 11) is 0. The Labute approximate surface area is 264 Å². The van der Waals surface area contributed by atoms with Crippen LogP contribution < -0.4 is 0 Å². The Kier molecular flexibility index (Phi) is 8.06. The van der Waals surface area contributed by atoms with E-state index >= 15 is 0 Å². The molecule has 0 amide bonds. The number of aromatic hydroxyl groups is 2. The van der Waals surface area contributed by atoms with Gasteiger partial charge in [0.2, 0.25) is 0 Å². The van der Waals surface area contributed by atoms with Gasteiger partial charge in [-0.3, -0.25) is 9.59 Å². The van der Waals surface area contributed by atoms with Crippen molar-refractivity contribution in [1.82, 2.24) is 0 Å². The second kappa shape index (κ2) is 10.00. The Morgan fingerprint density at radius 3 is 1.22 bits per heavy atom. The third kappa shape index (κ3) is 4.16. The maximum absolute atomic E-state index is 11.9. The number of hydrogen-bond acceptors (Lipinski definition) is 4. The van der Waals surface area contributed by atoms with Gasteiger partial charge in [-0.15, -0.1) is 0 Å². The lowest BCUT2D eigenvalue weighted by atomic mass is 9.89. The molecule has 2 N–H and O–H groups in total. The van der Waals surface area contributed by atoms with Crippen LogP contribution >= 0.6 is 136 Å². The van der Waals surface area contributed by atoms with Crippen molar-refractivity contribution in [2.24, 2.45) is 0 Å². The Hall–Kier alpha value is 0.720. The van der Waals surface area contributed by atoms with Crippen molar-refractivity contribution in [3.8, 4) is 22.6 Å². The zero-order valence-electron chi connectivity index (χ0n) is 15.4. The molecule has 0 aliphatic heterocycles. The molecule has 4 rings (SSSR count). The maximum atomic E-state index is 11.9. The normalized spacial score (nSPS) is 11.3. The molecular formula is C22H8I6O4. The minimum atomic E-state index is -0.216. The standard InChI is InChI=1S/C22H8I6O4/c23-11-3-13(25)19(27)9-1-7(5-29)21(31)17(15(9)11)18-16-10(2-8(6-30)22(18)32)20(28)14(26)4-12(16)24/h1-6,31-32H. The molecule has 4 nitrogen and oxygen atoms in total. The molecule has 0 unspecified atom stereocenters. The van der Waals surface area contributed by atoms with Gasteiger partial charge in [0.15, 0.2) is 12.6 Å². The van der Waals surface area contributed by atoms with E-state index in [1.54, 1.807) is 12.1 Å². The van der Waals surface area contributed by atoms with E-state index in [9.17, 15) is 19.8 Å². The number of phenolic OH excluding ortho intramolecular Hbond substituents is 2. The van der Waals surface area contributed by atoms with Crippen molar-refractivity contribution >= 4 is 170 Å². The molecule has 32 heavy (non-hydrogen) atoms. The smallest absolute Gasteiger partial charge is 0.153 e. The molecule has 0 heterocycles. The minimum Gasteiger partial charge on any atom is -0.507 e. The van der Waals surface area contributed by atoms with Gasteiger partial charge in [-0.05, 0) is 171 Å². The number of phenols is 2. The lowest BCUT2D eigenvalue weighted by molar-refractivity contribution is 0.111. The van der Waals surface area contributed by atoms with E-state index in [1.807, 2.05) is 12.1 Å². The van der Waals surface area contributed by atoms with Gasteiger partial charge >= 0.3 is 0 Å². The fourth-order valence-electron chi connectivity index (χ4n) is 3.65. The van der Waals surface area contributed by atoms with Crippen LogP contribution in [0.5, 0.6) is 11.5 Å². The van der Waals surface area contributed by atoms with Crippen molar-refractivity contribution in [2.75, 3.05) is 0 Å². The Morgan fingerprint density at radius 1 is 0.562 bits per heavy atom. The number of aldehydes is 2. The van der Waals surface area contributed by atoms with Gasteiger partial charge in [-0.2, -0.15) is 0 Å². The summed E-state index contributed by atoms with van der Waals surface area (Å²) in [5.41, 5.74) is 0.957. The predicted octanol–water partition coefficient (Wildman–Crippen LogP) is 8.32. The molecule has 0 atom stereocenters. The Balaban J connectivity index is 2.40. The van der Waals surface area contributed by atoms with E-state index in [-0.39, 0.29) is 22.6 Å². The minimum absolute atomic E-state index is 0.127. The largest absolute Gasteiger partial charge is 0.507 e. The lowest BCUT2D eigenvalue weighted by Gasteiger charge is -2.20. The summed E-state index contributed by atoms with van der Waals surface area (Å²) in [6.45, 7) is 0. The summed E-state index contributed by atoms with van der Waals surface area (Å²) in [5.74, 6) is -0.433. The van der Waals surface area contributed by atoms with E-state index < -0.39 is 0 Å². The first kappa shape index (κ1) is 25.8. The molecule has 0 fully saturated rings. The van der Waals surface area contributed by atoms with Gasteiger partial charge in [0.25, 0.3) is 0 Å². The van der Waals surface area contributed by atoms with Crippen LogP contribution in [0.4, 0.5) is 0 Å². The highest BCUT2D eigenvalue weighted by molar-refractivity contribution is 14.1. The van der Waals surface area contributed by atoms with Crippen LogP contribution in [0.3, 0.4) is 0 Å². The molecule has 0 saturated carbocycles. The lowest BCUT2D eigenvalue weighted by Crippen LogP contribution is -1.99. The number of carbonyl (C=O) groups is 2. The highest BCUT2D eigenvalue weighted by atomic mass is 127. The molecule has 0 aromatic heterocycles. The van der Waals surface area contributed by atoms with Gasteiger partial charge in [0.05, 0.1) is 11.1 Å². The highest BCUT2D eigenvalue weighted by Gasteiger charge is 2.26. The van der Waals surface area contributed by atoms with Gasteiger partial charge in [0, 0.05) is 43.3 Å². The number of hydrogen-bond donors (Lipinski definition) is 2. The molecule has 0 aliphatic carbocycles. The molecule has 162 valence electrons. The van der Waals surface area contributed by atoms with E-state index in [4.69, 9.17) is 0 Å². The second-order valence-electron chi connectivity index (χ2n) is 6.77. The fourth-order valence-corrected chi connectivity index (χ4v) is 8.95. The van der Waals surface area contributed by atoms with Gasteiger partial charge in [-0.1, -0.05) is 0 Å². The zero-order chi connectivity index (χ0) is 23.5. The SMILES string of the molecule is O=Cc1cc2c(I)c(I)cc(I)c2c(-c2c(O)c(C=O)cc3c(I)c(I)cc(I)c23)c1O. The van der Waals surface area contributed by atoms with Crippen molar-refractivity contribution < 1.29 is 19.8 Å². The number of carbonyl (C=O) groups excluding carboxylic acids is 2. The zero-order valence-corrected chi connectivity index (χ0v) is 28.4. The average Bonchev–Trinajstić information content (AvgIpc) is 2.75. The second-order valence-corrected chi connectivity index (χ2v) is 13.6. The van der Waals surface area contributed by atoms with Gasteiger partial charge < -0.3 is 10.2 Å². The molecule has 10 heteroatoms. The summed E-state index contributed by atoms with van der Waals surface area (Å²) in [5, 5.41) is 25.5. The first-order valence-corrected chi connectivity index (χ1v) is 15.2. The highest BCUT2D eigenvalue weighted by Crippen LogP contribution is 2.50. The maximum Gasteiger partial charge on any atom is 0.153 e. The average molecular weight is 1100 g/mol. The molecule has 4 aromatic carbocycles. The van der Waals surface area contributed by atoms with Gasteiger partial charge in [0.1, 0.15) is 11.5 Å². The monoisotopic (exact) mass is 1100 g/mol. The summed E-state index contributed by atoms with van der Waals surface area (Å²) in [6.07, 6.45) is 1.23. The summed E-state index contributed by atoms with van der Waals surface area (Å²) in [6, 6.07) is 7.34. The quantitative estimate of drug-likeness (QED) is 0.123. The number of benzene rings is 4. The summed E-state index contributed by atoms with van der Waals surface area (Å²) in [4.78, 5) is 23.8. The van der Waals surface area contributed by atoms with E-state index in [0.717, 1.165) is 43.0 Å². The van der Waals surface area contributed by atoms with E-state index in [2.05, 4.69) is 136 Å². The van der Waals surface area contributed by atoms with Crippen LogP contribution in [0, 0.1) is 21.4 Å². The Bertz CT molecular complexity index is 1380. The fraction of sp³-hybridized carbons (Fsp3) is 0. The molecule has 0 bridgehead atoms. The van der Waals surface area contributed by atoms with Crippen molar-refractivity contribution in [3.05, 3.63) is 56.8 Å². The van der Waals surface area contributed by atoms with Crippen LogP contribution in [-0.4, -0.2) is 22.8 Å². The molecule has 0 saturated heterocycles. The Morgan fingerprint density at radius 2 is 0.906 bits per heavy atom. The van der Waals surface area contributed by atoms with E-state index in [1.165, 1.54) is 0 Å². The molecule has 4 aromatic rings. The van der Waals surface area contributed by atoms with Crippen LogP contribution in [0.1, 0.15) is 20.7 Å². The van der Waals surface area contributed by atoms with E-state index in [0.29, 0.717) is 23.7 Å². The third-order valence-corrected chi connectivity index (χ3v) is 12.8.